The molecule has 1 amide bonds. The Bertz CT molecular complexity index is 809. The number of hydrogen-bond donors (Lipinski definition) is 1. The number of hydrogen-bond acceptors (Lipinski definition) is 6. The zero-order valence-electron chi connectivity index (χ0n) is 15.0. The molecule has 1 heterocycles. The molecule has 1 aliphatic heterocycles. The lowest BCUT2D eigenvalue weighted by Crippen LogP contribution is -2.18. The Morgan fingerprint density at radius 3 is 2.78 bits per heavy atom. The summed E-state index contributed by atoms with van der Waals surface area (Å²) in [6.07, 6.45) is 0. The Morgan fingerprint density at radius 1 is 1.19 bits per heavy atom. The summed E-state index contributed by atoms with van der Waals surface area (Å²) in [6.45, 7) is 1.55. The van der Waals surface area contributed by atoms with E-state index in [1.807, 2.05) is 0 Å². The van der Waals surface area contributed by atoms with Gasteiger partial charge >= 0.3 is 0 Å². The first-order valence-corrected chi connectivity index (χ1v) is 8.71. The molecule has 1 N–H and O–H groups in total. The molecule has 2 aromatic rings. The van der Waals surface area contributed by atoms with Gasteiger partial charge < -0.3 is 29.0 Å². The standard InChI is InChI=1S/C19H20ClNO6/c1-23-6-7-26-17-13(20)4-3-5-14(17)21-19(22)12-10-15(24-2)18-16(11-12)25-8-9-27-18/h3-5,10-11H,6-9H2,1-2H3,(H,21,22). The number of anilines is 1. The Labute approximate surface area is 162 Å². The lowest BCUT2D eigenvalue weighted by molar-refractivity contribution is 0.102. The first-order valence-electron chi connectivity index (χ1n) is 8.33. The molecule has 0 bridgehead atoms. The van der Waals surface area contributed by atoms with Crippen molar-refractivity contribution >= 4 is 23.2 Å². The SMILES string of the molecule is COCCOc1c(Cl)cccc1NC(=O)c1cc(OC)c2c(c1)OCCO2. The summed E-state index contributed by atoms with van der Waals surface area (Å²) in [5.74, 6) is 1.42. The van der Waals surface area contributed by atoms with Crippen LogP contribution in [0.5, 0.6) is 23.0 Å². The molecule has 0 saturated heterocycles. The minimum absolute atomic E-state index is 0.306. The van der Waals surface area contributed by atoms with Crippen LogP contribution in [0, 0.1) is 0 Å². The molecule has 0 aliphatic carbocycles. The van der Waals surface area contributed by atoms with E-state index in [0.29, 0.717) is 65.7 Å². The summed E-state index contributed by atoms with van der Waals surface area (Å²) in [4.78, 5) is 12.8. The molecule has 27 heavy (non-hydrogen) atoms. The van der Waals surface area contributed by atoms with Crippen molar-refractivity contribution in [3.63, 3.8) is 0 Å². The van der Waals surface area contributed by atoms with Gasteiger partial charge in [0, 0.05) is 12.7 Å². The van der Waals surface area contributed by atoms with Crippen LogP contribution in [0.2, 0.25) is 5.02 Å². The molecule has 8 heteroatoms. The molecule has 0 saturated carbocycles. The van der Waals surface area contributed by atoms with Gasteiger partial charge in [-0.25, -0.2) is 0 Å². The van der Waals surface area contributed by atoms with Crippen LogP contribution in [0.25, 0.3) is 0 Å². The number of carbonyl (C=O) groups excluding carboxylic acids is 1. The molecule has 2 aromatic carbocycles. The summed E-state index contributed by atoms with van der Waals surface area (Å²) < 4.78 is 27.1. The van der Waals surface area contributed by atoms with Crippen molar-refractivity contribution in [2.24, 2.45) is 0 Å². The van der Waals surface area contributed by atoms with Crippen LogP contribution in [0.1, 0.15) is 10.4 Å². The van der Waals surface area contributed by atoms with Gasteiger partial charge in [0.25, 0.3) is 5.91 Å². The van der Waals surface area contributed by atoms with Crippen molar-refractivity contribution in [3.8, 4) is 23.0 Å². The van der Waals surface area contributed by atoms with E-state index in [4.69, 9.17) is 35.3 Å². The van der Waals surface area contributed by atoms with Crippen molar-refractivity contribution in [3.05, 3.63) is 40.9 Å². The van der Waals surface area contributed by atoms with Gasteiger partial charge in [-0.1, -0.05) is 17.7 Å². The Kier molecular flexibility index (Phi) is 6.26. The second kappa shape index (κ2) is 8.83. The van der Waals surface area contributed by atoms with E-state index in [9.17, 15) is 4.79 Å². The molecule has 0 spiro atoms. The number of nitrogens with one attached hydrogen (secondary N) is 1. The van der Waals surface area contributed by atoms with Crippen LogP contribution in [0.4, 0.5) is 5.69 Å². The average molecular weight is 394 g/mol. The van der Waals surface area contributed by atoms with Crippen LogP contribution in [0.3, 0.4) is 0 Å². The normalized spacial score (nSPS) is 12.4. The average Bonchev–Trinajstić information content (AvgIpc) is 2.69. The van der Waals surface area contributed by atoms with Crippen LogP contribution in [0.15, 0.2) is 30.3 Å². The summed E-state index contributed by atoms with van der Waals surface area (Å²) in [5.41, 5.74) is 0.816. The fraction of sp³-hybridized carbons (Fsp3) is 0.316. The van der Waals surface area contributed by atoms with Crippen molar-refractivity contribution in [1.82, 2.24) is 0 Å². The van der Waals surface area contributed by atoms with Gasteiger partial charge in [0.1, 0.15) is 19.8 Å². The summed E-state index contributed by atoms with van der Waals surface area (Å²) in [7, 11) is 3.09. The molecular weight excluding hydrogens is 374 g/mol. The molecule has 0 atom stereocenters. The second-order valence-corrected chi connectivity index (χ2v) is 6.02. The predicted octanol–water partition coefficient (Wildman–Crippen LogP) is 3.40. The van der Waals surface area contributed by atoms with Crippen molar-refractivity contribution < 1.29 is 28.5 Å². The molecule has 3 rings (SSSR count). The molecule has 0 fully saturated rings. The largest absolute Gasteiger partial charge is 0.493 e. The molecule has 1 aliphatic rings. The van der Waals surface area contributed by atoms with E-state index in [2.05, 4.69) is 5.32 Å². The van der Waals surface area contributed by atoms with Crippen LogP contribution in [-0.2, 0) is 4.74 Å². The maximum absolute atomic E-state index is 12.8. The maximum atomic E-state index is 12.8. The van der Waals surface area contributed by atoms with Crippen molar-refractivity contribution in [1.29, 1.82) is 0 Å². The molecule has 0 aromatic heterocycles. The highest BCUT2D eigenvalue weighted by molar-refractivity contribution is 6.32. The van der Waals surface area contributed by atoms with Gasteiger partial charge in [0.15, 0.2) is 17.2 Å². The second-order valence-electron chi connectivity index (χ2n) is 5.61. The summed E-state index contributed by atoms with van der Waals surface area (Å²) >= 11 is 6.21. The molecule has 7 nitrogen and oxygen atoms in total. The van der Waals surface area contributed by atoms with Crippen LogP contribution >= 0.6 is 11.6 Å². The Balaban J connectivity index is 1.85. The first kappa shape index (κ1) is 19.1. The van der Waals surface area contributed by atoms with Crippen LogP contribution < -0.4 is 24.3 Å². The Hall–Kier alpha value is -2.64. The first-order chi connectivity index (χ1) is 13.1. The van der Waals surface area contributed by atoms with E-state index in [1.54, 1.807) is 37.4 Å². The quantitative estimate of drug-likeness (QED) is 0.727. The number of ether oxygens (including phenoxy) is 5. The number of halogens is 1. The summed E-state index contributed by atoms with van der Waals surface area (Å²) in [6, 6.07) is 8.33. The minimum Gasteiger partial charge on any atom is -0.493 e. The Morgan fingerprint density at radius 2 is 2.00 bits per heavy atom. The van der Waals surface area contributed by atoms with Gasteiger partial charge in [-0.05, 0) is 24.3 Å². The smallest absolute Gasteiger partial charge is 0.256 e. The monoisotopic (exact) mass is 393 g/mol. The van der Waals surface area contributed by atoms with Gasteiger partial charge in [-0.3, -0.25) is 4.79 Å². The molecule has 0 radical (unpaired) electrons. The maximum Gasteiger partial charge on any atom is 0.256 e. The number of para-hydroxylation sites is 1. The van der Waals surface area contributed by atoms with Gasteiger partial charge in [-0.2, -0.15) is 0 Å². The highest BCUT2D eigenvalue weighted by atomic mass is 35.5. The van der Waals surface area contributed by atoms with Gasteiger partial charge in [-0.15, -0.1) is 0 Å². The fourth-order valence-electron chi connectivity index (χ4n) is 2.58. The number of benzene rings is 2. The molecule has 0 unspecified atom stereocenters. The van der Waals surface area contributed by atoms with E-state index < -0.39 is 0 Å². The number of amides is 1. The third kappa shape index (κ3) is 4.37. The van der Waals surface area contributed by atoms with Gasteiger partial charge in [0.2, 0.25) is 5.75 Å². The number of carbonyl (C=O) groups is 1. The van der Waals surface area contributed by atoms with E-state index in [-0.39, 0.29) is 5.91 Å². The number of fused-ring (bicyclic) bond motifs is 1. The van der Waals surface area contributed by atoms with Crippen molar-refractivity contribution in [2.45, 2.75) is 0 Å². The summed E-state index contributed by atoms with van der Waals surface area (Å²) in [5, 5.41) is 3.20. The predicted molar refractivity (Wildman–Crippen MR) is 101 cm³/mol. The fourth-order valence-corrected chi connectivity index (χ4v) is 2.81. The molecular formula is C19H20ClNO6. The number of methoxy groups -OCH3 is 2. The third-order valence-corrected chi connectivity index (χ3v) is 4.14. The highest BCUT2D eigenvalue weighted by Crippen LogP contribution is 2.41. The lowest BCUT2D eigenvalue weighted by atomic mass is 10.1. The number of rotatable bonds is 7. The van der Waals surface area contributed by atoms with Gasteiger partial charge in [0.05, 0.1) is 24.4 Å². The minimum atomic E-state index is -0.357. The zero-order valence-corrected chi connectivity index (χ0v) is 15.8. The van der Waals surface area contributed by atoms with Crippen LogP contribution in [-0.4, -0.2) is 46.6 Å². The highest BCUT2D eigenvalue weighted by Gasteiger charge is 2.21. The topological polar surface area (TPSA) is 75.3 Å². The lowest BCUT2D eigenvalue weighted by Gasteiger charge is -2.21. The zero-order chi connectivity index (χ0) is 19.2. The van der Waals surface area contributed by atoms with E-state index >= 15 is 0 Å². The van der Waals surface area contributed by atoms with E-state index in [0.717, 1.165) is 0 Å². The van der Waals surface area contributed by atoms with Crippen molar-refractivity contribution in [2.75, 3.05) is 46.0 Å². The molecule has 144 valence electrons. The third-order valence-electron chi connectivity index (χ3n) is 3.84. The van der Waals surface area contributed by atoms with E-state index in [1.165, 1.54) is 7.11 Å².